The van der Waals surface area contributed by atoms with E-state index in [1.54, 1.807) is 0 Å². The van der Waals surface area contributed by atoms with Crippen LogP contribution in [0.4, 0.5) is 5.69 Å². The minimum atomic E-state index is 0.558. The Labute approximate surface area is 96.9 Å². The molecule has 16 heavy (non-hydrogen) atoms. The van der Waals surface area contributed by atoms with E-state index in [4.69, 9.17) is 5.26 Å². The zero-order valence-corrected chi connectivity index (χ0v) is 9.47. The number of rotatable bonds is 2. The summed E-state index contributed by atoms with van der Waals surface area (Å²) in [7, 11) is 0. The third kappa shape index (κ3) is 2.74. The zero-order chi connectivity index (χ0) is 11.2. The van der Waals surface area contributed by atoms with Crippen LogP contribution in [0.2, 0.25) is 0 Å². The maximum atomic E-state index is 8.69. The van der Waals surface area contributed by atoms with E-state index in [1.165, 1.54) is 5.69 Å². The van der Waals surface area contributed by atoms with Crippen LogP contribution in [0.5, 0.6) is 0 Å². The van der Waals surface area contributed by atoms with Crippen LogP contribution in [0.1, 0.15) is 6.42 Å². The fourth-order valence-corrected chi connectivity index (χ4v) is 2.13. The van der Waals surface area contributed by atoms with Gasteiger partial charge in [0.15, 0.2) is 0 Å². The predicted octanol–water partition coefficient (Wildman–Crippen LogP) is 1.72. The number of hydrogen-bond acceptors (Lipinski definition) is 3. The first-order valence-electron chi connectivity index (χ1n) is 5.79. The number of hydrogen-bond donors (Lipinski definition) is 0. The van der Waals surface area contributed by atoms with Crippen LogP contribution in [-0.2, 0) is 0 Å². The third-order valence-electron chi connectivity index (χ3n) is 3.00. The maximum Gasteiger partial charge on any atom is 0.0866 e. The van der Waals surface area contributed by atoms with Gasteiger partial charge in [-0.05, 0) is 18.6 Å². The van der Waals surface area contributed by atoms with Crippen molar-refractivity contribution in [1.29, 1.82) is 5.26 Å². The quantitative estimate of drug-likeness (QED) is 0.704. The molecule has 0 aliphatic carbocycles. The summed E-state index contributed by atoms with van der Waals surface area (Å²) in [5.74, 6) is 0. The molecule has 1 fully saturated rings. The summed E-state index contributed by atoms with van der Waals surface area (Å²) in [6.07, 6.45) is 1.14. The first-order valence-corrected chi connectivity index (χ1v) is 5.79. The first-order chi connectivity index (χ1) is 7.90. The lowest BCUT2D eigenvalue weighted by Gasteiger charge is -2.22. The van der Waals surface area contributed by atoms with E-state index in [0.717, 1.165) is 32.6 Å². The molecule has 1 aromatic rings. The Bertz CT molecular complexity index is 355. The molecule has 0 amide bonds. The van der Waals surface area contributed by atoms with Crippen LogP contribution >= 0.6 is 0 Å². The number of nitrogens with zero attached hydrogens (tertiary/aromatic N) is 3. The highest BCUT2D eigenvalue weighted by atomic mass is 15.2. The number of anilines is 1. The average Bonchev–Trinajstić information content (AvgIpc) is 2.57. The standard InChI is InChI=1S/C13H17N3/c14-7-10-15-8-4-9-16(12-11-15)13-5-2-1-3-6-13/h1-3,5-6H,4,8-12H2. The smallest absolute Gasteiger partial charge is 0.0866 e. The molecule has 3 heteroatoms. The minimum Gasteiger partial charge on any atom is -0.370 e. The lowest BCUT2D eigenvalue weighted by molar-refractivity contribution is 0.329. The summed E-state index contributed by atoms with van der Waals surface area (Å²) in [6.45, 7) is 4.69. The summed E-state index contributed by atoms with van der Waals surface area (Å²) >= 11 is 0. The van der Waals surface area contributed by atoms with Crippen LogP contribution in [0.15, 0.2) is 30.3 Å². The lowest BCUT2D eigenvalue weighted by Crippen LogP contribution is -2.30. The van der Waals surface area contributed by atoms with Gasteiger partial charge in [-0.3, -0.25) is 4.90 Å². The molecule has 0 saturated carbocycles. The van der Waals surface area contributed by atoms with Crippen LogP contribution in [0.3, 0.4) is 0 Å². The number of benzene rings is 1. The van der Waals surface area contributed by atoms with Crippen LogP contribution in [0.25, 0.3) is 0 Å². The van der Waals surface area contributed by atoms with E-state index >= 15 is 0 Å². The molecule has 0 radical (unpaired) electrons. The van der Waals surface area contributed by atoms with Gasteiger partial charge in [0.05, 0.1) is 12.6 Å². The molecule has 1 aliphatic rings. The first kappa shape index (κ1) is 11.0. The second kappa shape index (κ2) is 5.53. The van der Waals surface area contributed by atoms with Crippen molar-refractivity contribution in [2.45, 2.75) is 6.42 Å². The van der Waals surface area contributed by atoms with Gasteiger partial charge < -0.3 is 4.90 Å². The SMILES string of the molecule is N#CCN1CCCN(c2ccccc2)CC1. The summed E-state index contributed by atoms with van der Waals surface area (Å²) in [5, 5.41) is 8.69. The molecule has 84 valence electrons. The van der Waals surface area contributed by atoms with Gasteiger partial charge >= 0.3 is 0 Å². The van der Waals surface area contributed by atoms with E-state index in [0.29, 0.717) is 6.54 Å². The van der Waals surface area contributed by atoms with E-state index in [2.05, 4.69) is 40.1 Å². The second-order valence-electron chi connectivity index (χ2n) is 4.11. The van der Waals surface area contributed by atoms with Gasteiger partial charge in [0, 0.05) is 31.9 Å². The van der Waals surface area contributed by atoms with E-state index in [9.17, 15) is 0 Å². The minimum absolute atomic E-state index is 0.558. The van der Waals surface area contributed by atoms with Gasteiger partial charge in [-0.2, -0.15) is 5.26 Å². The molecule has 0 spiro atoms. The molecule has 1 saturated heterocycles. The van der Waals surface area contributed by atoms with Gasteiger partial charge in [-0.25, -0.2) is 0 Å². The Morgan fingerprint density at radius 2 is 1.88 bits per heavy atom. The van der Waals surface area contributed by atoms with Crippen molar-refractivity contribution in [2.75, 3.05) is 37.6 Å². The molecular weight excluding hydrogens is 198 g/mol. The highest BCUT2D eigenvalue weighted by Gasteiger charge is 2.14. The summed E-state index contributed by atoms with van der Waals surface area (Å²) in [6, 6.07) is 12.7. The zero-order valence-electron chi connectivity index (χ0n) is 9.47. The summed E-state index contributed by atoms with van der Waals surface area (Å²) in [5.41, 5.74) is 1.29. The normalized spacial score (nSPS) is 17.8. The second-order valence-corrected chi connectivity index (χ2v) is 4.11. The molecular formula is C13H17N3. The van der Waals surface area contributed by atoms with Crippen molar-refractivity contribution in [3.8, 4) is 6.07 Å². The Morgan fingerprint density at radius 3 is 2.62 bits per heavy atom. The van der Waals surface area contributed by atoms with Crippen molar-refractivity contribution in [2.24, 2.45) is 0 Å². The fraction of sp³-hybridized carbons (Fsp3) is 0.462. The summed E-state index contributed by atoms with van der Waals surface area (Å²) in [4.78, 5) is 4.63. The van der Waals surface area contributed by atoms with Crippen LogP contribution in [-0.4, -0.2) is 37.6 Å². The highest BCUT2D eigenvalue weighted by molar-refractivity contribution is 5.46. The van der Waals surface area contributed by atoms with Crippen molar-refractivity contribution in [3.63, 3.8) is 0 Å². The fourth-order valence-electron chi connectivity index (χ4n) is 2.13. The van der Waals surface area contributed by atoms with Crippen molar-refractivity contribution in [1.82, 2.24) is 4.90 Å². The molecule has 2 rings (SSSR count). The molecule has 1 heterocycles. The molecule has 0 N–H and O–H groups in total. The predicted molar refractivity (Wildman–Crippen MR) is 65.3 cm³/mol. The highest BCUT2D eigenvalue weighted by Crippen LogP contribution is 2.15. The van der Waals surface area contributed by atoms with Gasteiger partial charge in [0.25, 0.3) is 0 Å². The van der Waals surface area contributed by atoms with Gasteiger partial charge in [-0.1, -0.05) is 18.2 Å². The number of para-hydroxylation sites is 1. The molecule has 0 bridgehead atoms. The Hall–Kier alpha value is -1.53. The average molecular weight is 215 g/mol. The van der Waals surface area contributed by atoms with Crippen LogP contribution < -0.4 is 4.90 Å². The monoisotopic (exact) mass is 215 g/mol. The third-order valence-corrected chi connectivity index (χ3v) is 3.00. The maximum absolute atomic E-state index is 8.69. The topological polar surface area (TPSA) is 30.3 Å². The Morgan fingerprint density at radius 1 is 1.06 bits per heavy atom. The Balaban J connectivity index is 1.97. The van der Waals surface area contributed by atoms with Crippen molar-refractivity contribution >= 4 is 5.69 Å². The van der Waals surface area contributed by atoms with Gasteiger partial charge in [0.1, 0.15) is 0 Å². The molecule has 3 nitrogen and oxygen atoms in total. The van der Waals surface area contributed by atoms with E-state index < -0.39 is 0 Å². The van der Waals surface area contributed by atoms with Gasteiger partial charge in [-0.15, -0.1) is 0 Å². The van der Waals surface area contributed by atoms with E-state index in [1.807, 2.05) is 6.07 Å². The largest absolute Gasteiger partial charge is 0.370 e. The van der Waals surface area contributed by atoms with Gasteiger partial charge in [0.2, 0.25) is 0 Å². The molecule has 0 aromatic heterocycles. The molecule has 0 atom stereocenters. The van der Waals surface area contributed by atoms with E-state index in [-0.39, 0.29) is 0 Å². The van der Waals surface area contributed by atoms with Crippen molar-refractivity contribution in [3.05, 3.63) is 30.3 Å². The van der Waals surface area contributed by atoms with Crippen LogP contribution in [0, 0.1) is 11.3 Å². The molecule has 1 aromatic carbocycles. The Kier molecular flexibility index (Phi) is 3.79. The van der Waals surface area contributed by atoms with Crippen molar-refractivity contribution < 1.29 is 0 Å². The molecule has 0 unspecified atom stereocenters. The lowest BCUT2D eigenvalue weighted by atomic mass is 10.3. The molecule has 1 aliphatic heterocycles. The summed E-state index contributed by atoms with van der Waals surface area (Å²) < 4.78 is 0. The number of nitriles is 1.